The molecule has 3 rings (SSSR count). The molecule has 0 aliphatic heterocycles. The summed E-state index contributed by atoms with van der Waals surface area (Å²) in [7, 11) is 0. The van der Waals surface area contributed by atoms with E-state index in [0.29, 0.717) is 17.6 Å². The van der Waals surface area contributed by atoms with Gasteiger partial charge in [-0.05, 0) is 29.7 Å². The predicted octanol–water partition coefficient (Wildman–Crippen LogP) is 6.68. The Kier molecular flexibility index (Phi) is 5.98. The molecule has 15 heteroatoms. The van der Waals surface area contributed by atoms with Crippen LogP contribution in [0, 0.1) is 0 Å². The molecule has 160 valence electrons. The Morgan fingerprint density at radius 2 is 1.70 bits per heavy atom. The van der Waals surface area contributed by atoms with Crippen LogP contribution in [0.3, 0.4) is 0 Å². The minimum atomic E-state index is -5.20. The van der Waals surface area contributed by atoms with Crippen LogP contribution in [0.25, 0.3) is 11.5 Å². The number of nitrogens with zero attached hydrogens (tertiary/aromatic N) is 2. The molecule has 2 aromatic heterocycles. The quantitative estimate of drug-likeness (QED) is 0.399. The third-order valence-electron chi connectivity index (χ3n) is 3.43. The van der Waals surface area contributed by atoms with Crippen LogP contribution in [-0.4, -0.2) is 14.3 Å². The zero-order valence-corrected chi connectivity index (χ0v) is 16.8. The van der Waals surface area contributed by atoms with Crippen LogP contribution < -0.4 is 10.3 Å². The van der Waals surface area contributed by atoms with Crippen molar-refractivity contribution >= 4 is 46.3 Å². The van der Waals surface area contributed by atoms with Gasteiger partial charge < -0.3 is 9.72 Å². The number of alkyl halides is 6. The molecular formula is C15H4Cl3F6N3O2S. The highest BCUT2D eigenvalue weighted by Gasteiger charge is 2.40. The Balaban J connectivity index is 2.14. The molecule has 1 N–H and O–H groups in total. The standard InChI is InChI=1S/C15H4Cl3F6N3O2S/c16-6-2-1-4(3-5(6)14(19,20)21)29-9-10(15(22,23)24)25-12(26-13(9)28)8-7(17)11(18)30-27-8/h1-3H,(H,25,26,28). The SMILES string of the molecule is O=c1[nH]c(-c2nsc(Cl)c2Cl)nc(C(F)(F)F)c1Oc1ccc(Cl)c(C(F)(F)F)c1. The van der Waals surface area contributed by atoms with Gasteiger partial charge in [0.25, 0.3) is 5.56 Å². The van der Waals surface area contributed by atoms with Crippen LogP contribution in [0.4, 0.5) is 26.3 Å². The molecular weight excluding hydrogens is 507 g/mol. The second-order valence-corrected chi connectivity index (χ2v) is 7.61. The maximum atomic E-state index is 13.5. The average molecular weight is 511 g/mol. The van der Waals surface area contributed by atoms with E-state index >= 15 is 0 Å². The van der Waals surface area contributed by atoms with Gasteiger partial charge in [0.05, 0.1) is 10.6 Å². The van der Waals surface area contributed by atoms with Crippen molar-refractivity contribution in [2.45, 2.75) is 12.4 Å². The van der Waals surface area contributed by atoms with Gasteiger partial charge in [0, 0.05) is 0 Å². The molecule has 0 bridgehead atoms. The van der Waals surface area contributed by atoms with Crippen LogP contribution >= 0.6 is 46.3 Å². The lowest BCUT2D eigenvalue weighted by Gasteiger charge is -2.15. The van der Waals surface area contributed by atoms with E-state index < -0.39 is 51.5 Å². The van der Waals surface area contributed by atoms with Gasteiger partial charge in [-0.15, -0.1) is 0 Å². The van der Waals surface area contributed by atoms with E-state index in [1.807, 2.05) is 4.98 Å². The zero-order chi connectivity index (χ0) is 22.4. The lowest BCUT2D eigenvalue weighted by Crippen LogP contribution is -2.21. The summed E-state index contributed by atoms with van der Waals surface area (Å²) in [5, 5.41) is -0.942. The van der Waals surface area contributed by atoms with Crippen molar-refractivity contribution in [1.29, 1.82) is 0 Å². The van der Waals surface area contributed by atoms with Crippen LogP contribution in [0.5, 0.6) is 11.5 Å². The van der Waals surface area contributed by atoms with Crippen LogP contribution in [0.1, 0.15) is 11.3 Å². The number of rotatable bonds is 3. The summed E-state index contributed by atoms with van der Waals surface area (Å²) in [5.41, 5.74) is -4.91. The van der Waals surface area contributed by atoms with Crippen LogP contribution in [-0.2, 0) is 12.4 Å². The number of ether oxygens (including phenoxy) is 1. The Labute approximate surface area is 181 Å². The highest BCUT2D eigenvalue weighted by Crippen LogP contribution is 2.40. The molecule has 3 aromatic rings. The first kappa shape index (κ1) is 22.7. The van der Waals surface area contributed by atoms with Crippen molar-refractivity contribution in [2.75, 3.05) is 0 Å². The third-order valence-corrected chi connectivity index (χ3v) is 5.37. The first-order valence-electron chi connectivity index (χ1n) is 7.36. The van der Waals surface area contributed by atoms with Crippen LogP contribution in [0.2, 0.25) is 14.4 Å². The molecule has 0 saturated carbocycles. The first-order chi connectivity index (χ1) is 13.8. The fourth-order valence-corrected chi connectivity index (χ4v) is 3.40. The summed E-state index contributed by atoms with van der Waals surface area (Å²) in [6.07, 6.45) is -10.1. The molecule has 0 aliphatic rings. The maximum absolute atomic E-state index is 13.5. The third kappa shape index (κ3) is 4.51. The Morgan fingerprint density at radius 1 is 1.03 bits per heavy atom. The van der Waals surface area contributed by atoms with E-state index in [2.05, 4.69) is 9.36 Å². The second-order valence-electron chi connectivity index (χ2n) is 5.45. The molecule has 0 aliphatic carbocycles. The summed E-state index contributed by atoms with van der Waals surface area (Å²) < 4.78 is 87.9. The molecule has 1 aromatic carbocycles. The van der Waals surface area contributed by atoms with Gasteiger partial charge in [0.2, 0.25) is 5.75 Å². The van der Waals surface area contributed by atoms with E-state index in [0.717, 1.165) is 12.1 Å². The van der Waals surface area contributed by atoms with Crippen molar-refractivity contribution in [3.05, 3.63) is 54.2 Å². The van der Waals surface area contributed by atoms with Gasteiger partial charge in [0.15, 0.2) is 11.5 Å². The van der Waals surface area contributed by atoms with Crippen molar-refractivity contribution in [3.63, 3.8) is 0 Å². The van der Waals surface area contributed by atoms with Gasteiger partial charge in [0.1, 0.15) is 20.8 Å². The van der Waals surface area contributed by atoms with Gasteiger partial charge in [-0.2, -0.15) is 30.7 Å². The van der Waals surface area contributed by atoms with Gasteiger partial charge in [-0.1, -0.05) is 34.8 Å². The lowest BCUT2D eigenvalue weighted by atomic mass is 10.2. The number of H-pyrrole nitrogens is 1. The number of benzene rings is 1. The topological polar surface area (TPSA) is 67.9 Å². The van der Waals surface area contributed by atoms with E-state index in [4.69, 9.17) is 39.5 Å². The monoisotopic (exact) mass is 509 g/mol. The molecule has 0 amide bonds. The number of hydrogen-bond acceptors (Lipinski definition) is 5. The minimum absolute atomic E-state index is 0.0518. The molecule has 0 saturated heterocycles. The Hall–Kier alpha value is -2.02. The number of hydrogen-bond donors (Lipinski definition) is 1. The molecule has 5 nitrogen and oxygen atoms in total. The summed E-state index contributed by atoms with van der Waals surface area (Å²) in [6, 6.07) is 1.98. The van der Waals surface area contributed by atoms with Crippen molar-refractivity contribution in [3.8, 4) is 23.0 Å². The molecule has 0 fully saturated rings. The maximum Gasteiger partial charge on any atom is 0.437 e. The predicted molar refractivity (Wildman–Crippen MR) is 97.5 cm³/mol. The highest BCUT2D eigenvalue weighted by molar-refractivity contribution is 7.11. The first-order valence-corrected chi connectivity index (χ1v) is 9.27. The normalized spacial score (nSPS) is 12.3. The number of halogens is 9. The fraction of sp³-hybridized carbons (Fsp3) is 0.133. The van der Waals surface area contributed by atoms with E-state index in [-0.39, 0.29) is 15.1 Å². The van der Waals surface area contributed by atoms with Crippen molar-refractivity contribution in [2.24, 2.45) is 0 Å². The number of aromatic nitrogens is 3. The summed E-state index contributed by atoms with van der Waals surface area (Å²) in [4.78, 5) is 17.6. The molecule has 2 heterocycles. The fourth-order valence-electron chi connectivity index (χ4n) is 2.17. The number of nitrogens with one attached hydrogen (secondary N) is 1. The lowest BCUT2D eigenvalue weighted by molar-refractivity contribution is -0.142. The van der Waals surface area contributed by atoms with Gasteiger partial charge >= 0.3 is 12.4 Å². The number of aromatic amines is 1. The molecule has 0 atom stereocenters. The van der Waals surface area contributed by atoms with E-state index in [1.54, 1.807) is 0 Å². The summed E-state index contributed by atoms with van der Waals surface area (Å²) in [6.45, 7) is 0. The molecule has 0 unspecified atom stereocenters. The zero-order valence-electron chi connectivity index (χ0n) is 13.8. The van der Waals surface area contributed by atoms with Crippen molar-refractivity contribution < 1.29 is 31.1 Å². The Morgan fingerprint density at radius 3 is 2.23 bits per heavy atom. The van der Waals surface area contributed by atoms with Gasteiger partial charge in [-0.3, -0.25) is 4.79 Å². The molecule has 0 radical (unpaired) electrons. The van der Waals surface area contributed by atoms with Crippen molar-refractivity contribution in [1.82, 2.24) is 14.3 Å². The van der Waals surface area contributed by atoms with Crippen LogP contribution in [0.15, 0.2) is 23.0 Å². The minimum Gasteiger partial charge on any atom is -0.449 e. The van der Waals surface area contributed by atoms with Gasteiger partial charge in [-0.25, -0.2) is 4.98 Å². The summed E-state index contributed by atoms with van der Waals surface area (Å²) >= 11 is 17.6. The summed E-state index contributed by atoms with van der Waals surface area (Å²) in [5.74, 6) is -2.74. The van der Waals surface area contributed by atoms with E-state index in [1.165, 1.54) is 0 Å². The smallest absolute Gasteiger partial charge is 0.437 e. The largest absolute Gasteiger partial charge is 0.449 e. The highest BCUT2D eigenvalue weighted by atomic mass is 35.5. The Bertz CT molecular complexity index is 1180. The molecule has 30 heavy (non-hydrogen) atoms. The van der Waals surface area contributed by atoms with E-state index in [9.17, 15) is 31.1 Å². The second kappa shape index (κ2) is 7.91. The average Bonchev–Trinajstić information content (AvgIpc) is 2.95. The molecule has 0 spiro atoms.